The average molecular weight is 310 g/mol. The maximum Gasteiger partial charge on any atom is 0.276 e. The standard InChI is InChI=1S/C14H13ClFN3O2/c1-9-6-11(16)3-2-10(9)4-5-17-14-8-12(19(20)21)7-13(15)18-14/h2-3,6-8H,4-5H2,1H3,(H,17,18). The van der Waals surface area contributed by atoms with Crippen molar-refractivity contribution in [1.82, 2.24) is 4.98 Å². The van der Waals surface area contributed by atoms with Gasteiger partial charge < -0.3 is 5.32 Å². The van der Waals surface area contributed by atoms with Crippen molar-refractivity contribution in [3.8, 4) is 0 Å². The van der Waals surface area contributed by atoms with Gasteiger partial charge in [-0.15, -0.1) is 0 Å². The number of nitro groups is 1. The van der Waals surface area contributed by atoms with Crippen LogP contribution < -0.4 is 5.32 Å². The van der Waals surface area contributed by atoms with Crippen LogP contribution in [0.3, 0.4) is 0 Å². The van der Waals surface area contributed by atoms with Crippen molar-refractivity contribution in [2.45, 2.75) is 13.3 Å². The molecule has 0 amide bonds. The SMILES string of the molecule is Cc1cc(F)ccc1CCNc1cc([N+](=O)[O-])cc(Cl)n1. The van der Waals surface area contributed by atoms with Gasteiger partial charge in [0, 0.05) is 6.54 Å². The Morgan fingerprint density at radius 3 is 2.81 bits per heavy atom. The van der Waals surface area contributed by atoms with Gasteiger partial charge in [0.2, 0.25) is 0 Å². The molecule has 0 unspecified atom stereocenters. The van der Waals surface area contributed by atoms with Crippen LogP contribution in [0.15, 0.2) is 30.3 Å². The predicted molar refractivity (Wildman–Crippen MR) is 79.2 cm³/mol. The number of hydrogen-bond acceptors (Lipinski definition) is 4. The van der Waals surface area contributed by atoms with Gasteiger partial charge in [-0.25, -0.2) is 9.37 Å². The number of benzene rings is 1. The molecular formula is C14H13ClFN3O2. The third-order valence-corrected chi connectivity index (χ3v) is 3.19. The number of aromatic nitrogens is 1. The van der Waals surface area contributed by atoms with Crippen molar-refractivity contribution in [2.24, 2.45) is 0 Å². The largest absolute Gasteiger partial charge is 0.369 e. The molecule has 0 aliphatic carbocycles. The number of halogens is 2. The maximum atomic E-state index is 13.0. The van der Waals surface area contributed by atoms with Gasteiger partial charge in [-0.1, -0.05) is 17.7 Å². The molecule has 110 valence electrons. The summed E-state index contributed by atoms with van der Waals surface area (Å²) in [6.45, 7) is 2.35. The van der Waals surface area contributed by atoms with Crippen LogP contribution >= 0.6 is 11.6 Å². The fourth-order valence-corrected chi connectivity index (χ4v) is 2.15. The number of pyridine rings is 1. The van der Waals surface area contributed by atoms with Crippen LogP contribution in [0, 0.1) is 22.9 Å². The molecular weight excluding hydrogens is 297 g/mol. The highest BCUT2D eigenvalue weighted by Crippen LogP contribution is 2.20. The second-order valence-corrected chi connectivity index (χ2v) is 4.93. The number of nitrogens with one attached hydrogen (secondary N) is 1. The minimum Gasteiger partial charge on any atom is -0.369 e. The maximum absolute atomic E-state index is 13.0. The lowest BCUT2D eigenvalue weighted by atomic mass is 10.1. The molecule has 0 saturated carbocycles. The topological polar surface area (TPSA) is 68.1 Å². The van der Waals surface area contributed by atoms with E-state index in [0.717, 1.165) is 11.1 Å². The molecule has 0 spiro atoms. The molecule has 0 aliphatic rings. The molecule has 0 fully saturated rings. The highest BCUT2D eigenvalue weighted by atomic mass is 35.5. The predicted octanol–water partition coefficient (Wildman–Crippen LogP) is 3.75. The summed E-state index contributed by atoms with van der Waals surface area (Å²) in [5.74, 6) is 0.0744. The summed E-state index contributed by atoms with van der Waals surface area (Å²) in [6, 6.07) is 7.11. The summed E-state index contributed by atoms with van der Waals surface area (Å²) < 4.78 is 13.0. The van der Waals surface area contributed by atoms with Gasteiger partial charge in [0.05, 0.1) is 17.1 Å². The molecule has 0 radical (unpaired) electrons. The van der Waals surface area contributed by atoms with Gasteiger partial charge in [0.25, 0.3) is 5.69 Å². The Hall–Kier alpha value is -2.21. The number of aryl methyl sites for hydroxylation is 1. The van der Waals surface area contributed by atoms with E-state index < -0.39 is 4.92 Å². The quantitative estimate of drug-likeness (QED) is 0.519. The highest BCUT2D eigenvalue weighted by Gasteiger charge is 2.10. The molecule has 2 rings (SSSR count). The zero-order valence-corrected chi connectivity index (χ0v) is 12.0. The minimum atomic E-state index is -0.525. The van der Waals surface area contributed by atoms with Crippen LogP contribution in [0.1, 0.15) is 11.1 Å². The summed E-state index contributed by atoms with van der Waals surface area (Å²) in [7, 11) is 0. The van der Waals surface area contributed by atoms with E-state index in [4.69, 9.17) is 11.6 Å². The van der Waals surface area contributed by atoms with Gasteiger partial charge in [-0.2, -0.15) is 0 Å². The third-order valence-electron chi connectivity index (χ3n) is 2.99. The summed E-state index contributed by atoms with van der Waals surface area (Å²) in [6.07, 6.45) is 0.647. The highest BCUT2D eigenvalue weighted by molar-refractivity contribution is 6.29. The Morgan fingerprint density at radius 2 is 2.14 bits per heavy atom. The lowest BCUT2D eigenvalue weighted by Crippen LogP contribution is -2.07. The number of hydrogen-bond donors (Lipinski definition) is 1. The molecule has 1 aromatic carbocycles. The van der Waals surface area contributed by atoms with Gasteiger partial charge >= 0.3 is 0 Å². The van der Waals surface area contributed by atoms with E-state index >= 15 is 0 Å². The summed E-state index contributed by atoms with van der Waals surface area (Å²) in [5, 5.41) is 13.8. The second-order valence-electron chi connectivity index (χ2n) is 4.54. The molecule has 0 bridgehead atoms. The number of rotatable bonds is 5. The van der Waals surface area contributed by atoms with Crippen LogP contribution in [-0.2, 0) is 6.42 Å². The summed E-state index contributed by atoms with van der Waals surface area (Å²) in [5.41, 5.74) is 1.75. The first-order valence-electron chi connectivity index (χ1n) is 6.26. The van der Waals surface area contributed by atoms with Crippen molar-refractivity contribution >= 4 is 23.1 Å². The van der Waals surface area contributed by atoms with Crippen molar-refractivity contribution in [3.63, 3.8) is 0 Å². The zero-order valence-electron chi connectivity index (χ0n) is 11.3. The van der Waals surface area contributed by atoms with E-state index in [1.54, 1.807) is 6.07 Å². The molecule has 2 aromatic rings. The van der Waals surface area contributed by atoms with Crippen LogP contribution in [0.5, 0.6) is 0 Å². The van der Waals surface area contributed by atoms with Gasteiger partial charge in [0.15, 0.2) is 0 Å². The zero-order chi connectivity index (χ0) is 15.4. The lowest BCUT2D eigenvalue weighted by Gasteiger charge is -2.08. The minimum absolute atomic E-state index is 0.0599. The Balaban J connectivity index is 2.01. The van der Waals surface area contributed by atoms with Gasteiger partial charge in [0.1, 0.15) is 16.8 Å². The number of anilines is 1. The molecule has 1 N–H and O–H groups in total. The molecule has 5 nitrogen and oxygen atoms in total. The van der Waals surface area contributed by atoms with Crippen molar-refractivity contribution < 1.29 is 9.31 Å². The van der Waals surface area contributed by atoms with Crippen LogP contribution in [0.2, 0.25) is 5.15 Å². The first-order chi connectivity index (χ1) is 9.95. The van der Waals surface area contributed by atoms with Gasteiger partial charge in [-0.05, 0) is 36.6 Å². The number of nitrogens with zero attached hydrogens (tertiary/aromatic N) is 2. The van der Waals surface area contributed by atoms with E-state index in [-0.39, 0.29) is 16.7 Å². The van der Waals surface area contributed by atoms with E-state index in [0.29, 0.717) is 18.8 Å². The van der Waals surface area contributed by atoms with Crippen LogP contribution in [-0.4, -0.2) is 16.5 Å². The summed E-state index contributed by atoms with van der Waals surface area (Å²) >= 11 is 5.74. The normalized spacial score (nSPS) is 10.4. The lowest BCUT2D eigenvalue weighted by molar-refractivity contribution is -0.384. The Kier molecular flexibility index (Phi) is 4.70. The van der Waals surface area contributed by atoms with E-state index in [1.807, 2.05) is 6.92 Å². The first kappa shape index (κ1) is 15.2. The molecule has 21 heavy (non-hydrogen) atoms. The molecule has 1 heterocycles. The third kappa shape index (κ3) is 4.13. The van der Waals surface area contributed by atoms with Crippen molar-refractivity contribution in [1.29, 1.82) is 0 Å². The average Bonchev–Trinajstić information content (AvgIpc) is 2.40. The fraction of sp³-hybridized carbons (Fsp3) is 0.214. The first-order valence-corrected chi connectivity index (χ1v) is 6.64. The Bertz CT molecular complexity index is 679. The Labute approximate surface area is 125 Å². The van der Waals surface area contributed by atoms with Crippen LogP contribution in [0.4, 0.5) is 15.9 Å². The van der Waals surface area contributed by atoms with E-state index in [2.05, 4.69) is 10.3 Å². The van der Waals surface area contributed by atoms with Crippen molar-refractivity contribution in [2.75, 3.05) is 11.9 Å². The molecule has 0 saturated heterocycles. The fourth-order valence-electron chi connectivity index (χ4n) is 1.94. The smallest absolute Gasteiger partial charge is 0.276 e. The summed E-state index contributed by atoms with van der Waals surface area (Å²) in [4.78, 5) is 14.2. The van der Waals surface area contributed by atoms with Gasteiger partial charge in [-0.3, -0.25) is 10.1 Å². The molecule has 0 atom stereocenters. The second kappa shape index (κ2) is 6.49. The van der Waals surface area contributed by atoms with Crippen LogP contribution in [0.25, 0.3) is 0 Å². The molecule has 1 aromatic heterocycles. The molecule has 0 aliphatic heterocycles. The molecule has 7 heteroatoms. The van der Waals surface area contributed by atoms with E-state index in [9.17, 15) is 14.5 Å². The Morgan fingerprint density at radius 1 is 1.38 bits per heavy atom. The van der Waals surface area contributed by atoms with E-state index in [1.165, 1.54) is 24.3 Å². The van der Waals surface area contributed by atoms with Crippen molar-refractivity contribution in [3.05, 3.63) is 62.5 Å². The monoisotopic (exact) mass is 309 g/mol.